The fourth-order valence-electron chi connectivity index (χ4n) is 4.29. The molecule has 0 aliphatic carbocycles. The van der Waals surface area contributed by atoms with Gasteiger partial charge in [-0.05, 0) is 44.4 Å². The fourth-order valence-corrected chi connectivity index (χ4v) is 4.29. The summed E-state index contributed by atoms with van der Waals surface area (Å²) in [6.45, 7) is 10.5. The number of guanidine groups is 1. The Balaban J connectivity index is 0.00000363. The Labute approximate surface area is 209 Å². The van der Waals surface area contributed by atoms with Gasteiger partial charge in [0.1, 0.15) is 0 Å². The van der Waals surface area contributed by atoms with Crippen molar-refractivity contribution < 1.29 is 14.3 Å². The van der Waals surface area contributed by atoms with Crippen LogP contribution in [-0.2, 0) is 11.3 Å². The molecule has 2 aliphatic heterocycles. The summed E-state index contributed by atoms with van der Waals surface area (Å²) in [6.07, 6.45) is 2.27. The average molecular weight is 559 g/mol. The highest BCUT2D eigenvalue weighted by atomic mass is 127. The molecule has 1 N–H and O–H groups in total. The summed E-state index contributed by atoms with van der Waals surface area (Å²) in [5.41, 5.74) is 1.11. The maximum Gasteiger partial charge on any atom is 0.239 e. The third kappa shape index (κ3) is 6.63. The third-order valence-corrected chi connectivity index (χ3v) is 6.13. The van der Waals surface area contributed by atoms with Gasteiger partial charge in [-0.25, -0.2) is 0 Å². The van der Waals surface area contributed by atoms with Crippen molar-refractivity contribution in [1.29, 1.82) is 0 Å². The number of aliphatic imine (C=N–C) groups is 1. The van der Waals surface area contributed by atoms with E-state index in [1.807, 2.05) is 44.0 Å². The molecule has 3 rings (SSSR count). The van der Waals surface area contributed by atoms with Crippen LogP contribution in [-0.4, -0.2) is 92.6 Å². The highest BCUT2D eigenvalue weighted by Gasteiger charge is 2.30. The van der Waals surface area contributed by atoms with Gasteiger partial charge in [0, 0.05) is 52.9 Å². The summed E-state index contributed by atoms with van der Waals surface area (Å²) >= 11 is 0. The number of ether oxygens (including phenoxy) is 2. The highest BCUT2D eigenvalue weighted by Crippen LogP contribution is 2.28. The van der Waals surface area contributed by atoms with Crippen molar-refractivity contribution in [3.05, 3.63) is 23.8 Å². The molecule has 8 nitrogen and oxygen atoms in total. The van der Waals surface area contributed by atoms with Crippen LogP contribution in [0.25, 0.3) is 0 Å². The van der Waals surface area contributed by atoms with Crippen LogP contribution in [0, 0.1) is 0 Å². The molecular weight excluding hydrogens is 521 g/mol. The van der Waals surface area contributed by atoms with Crippen LogP contribution in [0.15, 0.2) is 23.2 Å². The third-order valence-electron chi connectivity index (χ3n) is 6.13. The number of benzene rings is 1. The molecule has 180 valence electrons. The lowest BCUT2D eigenvalue weighted by Gasteiger charge is -2.39. The van der Waals surface area contributed by atoms with E-state index in [2.05, 4.69) is 20.1 Å². The minimum absolute atomic E-state index is 0. The zero-order valence-electron chi connectivity index (χ0n) is 19.8. The second-order valence-electron chi connectivity index (χ2n) is 8.05. The lowest BCUT2D eigenvalue weighted by Crippen LogP contribution is -2.57. The van der Waals surface area contributed by atoms with Crippen LogP contribution >= 0.6 is 24.0 Å². The maximum atomic E-state index is 12.7. The Morgan fingerprint density at radius 3 is 2.38 bits per heavy atom. The molecule has 9 heteroatoms. The Morgan fingerprint density at radius 1 is 1.09 bits per heavy atom. The lowest BCUT2D eigenvalue weighted by molar-refractivity contribution is -0.135. The van der Waals surface area contributed by atoms with Gasteiger partial charge in [0.2, 0.25) is 5.91 Å². The van der Waals surface area contributed by atoms with E-state index in [4.69, 9.17) is 9.47 Å². The van der Waals surface area contributed by atoms with Gasteiger partial charge in [-0.15, -0.1) is 24.0 Å². The first-order chi connectivity index (χ1) is 15.1. The van der Waals surface area contributed by atoms with E-state index in [-0.39, 0.29) is 35.9 Å². The topological polar surface area (TPSA) is 69.6 Å². The first-order valence-electron chi connectivity index (χ1n) is 11.4. The van der Waals surface area contributed by atoms with Gasteiger partial charge in [0.05, 0.1) is 19.8 Å². The van der Waals surface area contributed by atoms with Gasteiger partial charge >= 0.3 is 0 Å². The number of methoxy groups -OCH3 is 1. The van der Waals surface area contributed by atoms with Gasteiger partial charge in [0.25, 0.3) is 0 Å². The van der Waals surface area contributed by atoms with Crippen LogP contribution in [0.1, 0.15) is 32.3 Å². The van der Waals surface area contributed by atoms with Crippen LogP contribution in [0.4, 0.5) is 0 Å². The molecule has 0 bridgehead atoms. The smallest absolute Gasteiger partial charge is 0.239 e. The van der Waals surface area contributed by atoms with Crippen molar-refractivity contribution in [2.75, 3.05) is 60.0 Å². The monoisotopic (exact) mass is 559 g/mol. The van der Waals surface area contributed by atoms with Crippen molar-refractivity contribution in [2.24, 2.45) is 4.99 Å². The Morgan fingerprint density at radius 2 is 1.78 bits per heavy atom. The van der Waals surface area contributed by atoms with Crippen LogP contribution < -0.4 is 14.8 Å². The SMILES string of the molecule is CCOc1cc(CNC(=NC)N2CCN(C(C)C(=O)N3CCCC3)CC2)ccc1OC.I. The number of likely N-dealkylation sites (tertiary alicyclic amines) is 1. The molecule has 1 unspecified atom stereocenters. The van der Waals surface area contributed by atoms with E-state index in [0.717, 1.165) is 75.1 Å². The van der Waals surface area contributed by atoms with Crippen LogP contribution in [0.5, 0.6) is 11.5 Å². The van der Waals surface area contributed by atoms with Crippen molar-refractivity contribution in [3.8, 4) is 11.5 Å². The summed E-state index contributed by atoms with van der Waals surface area (Å²) in [5, 5.41) is 3.46. The Bertz CT molecular complexity index is 762. The molecule has 0 aromatic heterocycles. The summed E-state index contributed by atoms with van der Waals surface area (Å²) in [4.78, 5) is 23.8. The Hall–Kier alpha value is -1.75. The van der Waals surface area contributed by atoms with Gasteiger partial charge < -0.3 is 24.6 Å². The van der Waals surface area contributed by atoms with E-state index in [1.165, 1.54) is 0 Å². The minimum Gasteiger partial charge on any atom is -0.493 e. The molecule has 2 heterocycles. The zero-order chi connectivity index (χ0) is 22.2. The van der Waals surface area contributed by atoms with Gasteiger partial charge in [-0.1, -0.05) is 6.07 Å². The predicted octanol–water partition coefficient (Wildman–Crippen LogP) is 2.42. The van der Waals surface area contributed by atoms with E-state index < -0.39 is 0 Å². The summed E-state index contributed by atoms with van der Waals surface area (Å²) in [7, 11) is 3.46. The van der Waals surface area contributed by atoms with Crippen LogP contribution in [0.3, 0.4) is 0 Å². The van der Waals surface area contributed by atoms with E-state index in [9.17, 15) is 4.79 Å². The van der Waals surface area contributed by atoms with E-state index >= 15 is 0 Å². The van der Waals surface area contributed by atoms with Gasteiger partial charge in [0.15, 0.2) is 17.5 Å². The molecule has 2 saturated heterocycles. The number of carbonyl (C=O) groups excluding carboxylic acids is 1. The van der Waals surface area contributed by atoms with Crippen LogP contribution in [0.2, 0.25) is 0 Å². The lowest BCUT2D eigenvalue weighted by atomic mass is 10.2. The number of hydrogen-bond acceptors (Lipinski definition) is 5. The first-order valence-corrected chi connectivity index (χ1v) is 11.4. The van der Waals surface area contributed by atoms with Gasteiger partial charge in [-0.3, -0.25) is 14.7 Å². The number of nitrogens with one attached hydrogen (secondary N) is 1. The largest absolute Gasteiger partial charge is 0.493 e. The molecule has 1 aromatic carbocycles. The quantitative estimate of drug-likeness (QED) is 0.315. The van der Waals surface area contributed by atoms with Crippen molar-refractivity contribution in [2.45, 2.75) is 39.3 Å². The summed E-state index contributed by atoms with van der Waals surface area (Å²) in [6, 6.07) is 5.92. The highest BCUT2D eigenvalue weighted by molar-refractivity contribution is 14.0. The normalized spacial score (nSPS) is 18.2. The molecule has 32 heavy (non-hydrogen) atoms. The minimum atomic E-state index is -0.0495. The molecule has 2 aliphatic rings. The molecule has 1 aromatic rings. The number of halogens is 1. The number of rotatable bonds is 7. The van der Waals surface area contributed by atoms with Crippen molar-refractivity contribution in [1.82, 2.24) is 20.0 Å². The van der Waals surface area contributed by atoms with Gasteiger partial charge in [-0.2, -0.15) is 0 Å². The zero-order valence-corrected chi connectivity index (χ0v) is 22.1. The van der Waals surface area contributed by atoms with E-state index in [0.29, 0.717) is 13.2 Å². The summed E-state index contributed by atoms with van der Waals surface area (Å²) < 4.78 is 11.0. The molecule has 0 radical (unpaired) electrons. The van der Waals surface area contributed by atoms with Crippen molar-refractivity contribution in [3.63, 3.8) is 0 Å². The standard InChI is InChI=1S/C23H37N5O3.HI/c1-5-31-21-16-19(8-9-20(21)30-4)17-25-23(24-3)28-14-12-26(13-15-28)18(2)22(29)27-10-6-7-11-27;/h8-9,16,18H,5-7,10-15,17H2,1-4H3,(H,24,25);1H. The number of piperazine rings is 1. The summed E-state index contributed by atoms with van der Waals surface area (Å²) in [5.74, 6) is 2.65. The molecule has 1 atom stereocenters. The number of amides is 1. The maximum absolute atomic E-state index is 12.7. The second kappa shape index (κ2) is 13.1. The fraction of sp³-hybridized carbons (Fsp3) is 0.652. The Kier molecular flexibility index (Phi) is 10.8. The first kappa shape index (κ1) is 26.5. The molecule has 2 fully saturated rings. The number of hydrogen-bond donors (Lipinski definition) is 1. The number of carbonyl (C=O) groups is 1. The second-order valence-corrected chi connectivity index (χ2v) is 8.05. The number of nitrogens with zero attached hydrogens (tertiary/aromatic N) is 4. The molecule has 0 saturated carbocycles. The average Bonchev–Trinajstić information content (AvgIpc) is 3.34. The van der Waals surface area contributed by atoms with E-state index in [1.54, 1.807) is 7.11 Å². The predicted molar refractivity (Wildman–Crippen MR) is 138 cm³/mol. The molecule has 0 spiro atoms. The van der Waals surface area contributed by atoms with Crippen molar-refractivity contribution >= 4 is 35.8 Å². The molecular formula is C23H38IN5O3. The molecule has 1 amide bonds.